The minimum absolute atomic E-state index is 0.130. The summed E-state index contributed by atoms with van der Waals surface area (Å²) in [6.07, 6.45) is 4.24. The quantitative estimate of drug-likeness (QED) is 0.729. The molecule has 0 radical (unpaired) electrons. The van der Waals surface area contributed by atoms with Crippen LogP contribution in [-0.2, 0) is 9.59 Å². The fourth-order valence-electron chi connectivity index (χ4n) is 2.43. The summed E-state index contributed by atoms with van der Waals surface area (Å²) in [5.74, 6) is -1.02. The molecule has 2 unspecified atom stereocenters. The lowest BCUT2D eigenvalue weighted by Crippen LogP contribution is -2.34. The van der Waals surface area contributed by atoms with Crippen LogP contribution in [0.2, 0.25) is 0 Å². The Kier molecular flexibility index (Phi) is 4.86. The van der Waals surface area contributed by atoms with Gasteiger partial charge in [-0.25, -0.2) is 4.98 Å². The minimum Gasteiger partial charge on any atom is -0.481 e. The molecule has 3 N–H and O–H groups in total. The van der Waals surface area contributed by atoms with Crippen molar-refractivity contribution in [1.82, 2.24) is 10.3 Å². The molecular weight excluding hydrogens is 266 g/mol. The number of hydrogen-bond acceptors (Lipinski definition) is 5. The first-order valence-corrected chi connectivity index (χ1v) is 7.17. The van der Waals surface area contributed by atoms with Gasteiger partial charge in [-0.05, 0) is 25.3 Å². The standard InChI is InChI=1S/C12H17N3O3S/c16-10(15-12-14-4-5-19-12)7-13-6-8-2-1-3-9(8)11(17)18/h4-5,8-9,13H,1-3,6-7H2,(H,17,18)(H,14,15,16). The average molecular weight is 283 g/mol. The molecule has 1 aliphatic carbocycles. The van der Waals surface area contributed by atoms with E-state index < -0.39 is 5.97 Å². The second kappa shape index (κ2) is 6.63. The molecule has 0 aromatic carbocycles. The largest absolute Gasteiger partial charge is 0.481 e. The molecule has 1 heterocycles. The van der Waals surface area contributed by atoms with Gasteiger partial charge in [0.2, 0.25) is 5.91 Å². The van der Waals surface area contributed by atoms with E-state index in [0.29, 0.717) is 11.7 Å². The van der Waals surface area contributed by atoms with Crippen molar-refractivity contribution < 1.29 is 14.7 Å². The van der Waals surface area contributed by atoms with Gasteiger partial charge >= 0.3 is 5.97 Å². The summed E-state index contributed by atoms with van der Waals surface area (Å²) in [4.78, 5) is 26.5. The van der Waals surface area contributed by atoms with Crippen LogP contribution in [0.1, 0.15) is 19.3 Å². The van der Waals surface area contributed by atoms with Gasteiger partial charge in [0.25, 0.3) is 0 Å². The van der Waals surface area contributed by atoms with Crippen LogP contribution in [0.15, 0.2) is 11.6 Å². The highest BCUT2D eigenvalue weighted by Gasteiger charge is 2.32. The van der Waals surface area contributed by atoms with Crippen molar-refractivity contribution in [3.63, 3.8) is 0 Å². The van der Waals surface area contributed by atoms with Gasteiger partial charge in [0, 0.05) is 11.6 Å². The third-order valence-corrected chi connectivity index (χ3v) is 4.04. The summed E-state index contributed by atoms with van der Waals surface area (Å²) in [6.45, 7) is 0.755. The Morgan fingerprint density at radius 1 is 1.47 bits per heavy atom. The average Bonchev–Trinajstić information content (AvgIpc) is 2.99. The molecule has 1 aromatic rings. The number of anilines is 1. The predicted octanol–water partition coefficient (Wildman–Crippen LogP) is 1.17. The fraction of sp³-hybridized carbons (Fsp3) is 0.583. The van der Waals surface area contributed by atoms with E-state index in [1.807, 2.05) is 0 Å². The zero-order valence-corrected chi connectivity index (χ0v) is 11.3. The molecule has 1 aromatic heterocycles. The van der Waals surface area contributed by atoms with Crippen molar-refractivity contribution in [3.05, 3.63) is 11.6 Å². The van der Waals surface area contributed by atoms with Crippen LogP contribution in [-0.4, -0.2) is 35.1 Å². The molecule has 2 atom stereocenters. The number of hydrogen-bond donors (Lipinski definition) is 3. The normalized spacial score (nSPS) is 22.3. The SMILES string of the molecule is O=C(CNCC1CCCC1C(=O)O)Nc1nccs1. The molecule has 1 fully saturated rings. The minimum atomic E-state index is -0.725. The second-order valence-electron chi connectivity index (χ2n) is 4.65. The number of thiazole rings is 1. The third kappa shape index (κ3) is 4.00. The van der Waals surface area contributed by atoms with Gasteiger partial charge in [0.1, 0.15) is 0 Å². The van der Waals surface area contributed by atoms with Crippen molar-refractivity contribution in [1.29, 1.82) is 0 Å². The molecule has 0 aliphatic heterocycles. The van der Waals surface area contributed by atoms with Crippen LogP contribution in [0.5, 0.6) is 0 Å². The van der Waals surface area contributed by atoms with Crippen LogP contribution in [0.25, 0.3) is 0 Å². The maximum Gasteiger partial charge on any atom is 0.306 e. The Morgan fingerprint density at radius 2 is 2.32 bits per heavy atom. The lowest BCUT2D eigenvalue weighted by molar-refractivity contribution is -0.142. The van der Waals surface area contributed by atoms with Gasteiger partial charge < -0.3 is 15.7 Å². The summed E-state index contributed by atoms with van der Waals surface area (Å²) < 4.78 is 0. The van der Waals surface area contributed by atoms with E-state index in [0.717, 1.165) is 19.3 Å². The monoisotopic (exact) mass is 283 g/mol. The highest BCUT2D eigenvalue weighted by atomic mass is 32.1. The van der Waals surface area contributed by atoms with E-state index in [-0.39, 0.29) is 24.3 Å². The van der Waals surface area contributed by atoms with Crippen LogP contribution in [0.4, 0.5) is 5.13 Å². The Balaban J connectivity index is 1.68. The molecule has 6 nitrogen and oxygen atoms in total. The zero-order chi connectivity index (χ0) is 13.7. The lowest BCUT2D eigenvalue weighted by Gasteiger charge is -2.15. The number of carboxylic acids is 1. The summed E-state index contributed by atoms with van der Waals surface area (Å²) in [5, 5.41) is 17.1. The number of carboxylic acid groups (broad SMARTS) is 1. The van der Waals surface area contributed by atoms with Gasteiger partial charge in [0.05, 0.1) is 12.5 Å². The van der Waals surface area contributed by atoms with Gasteiger partial charge in [-0.3, -0.25) is 9.59 Å². The Labute approximate surface area is 115 Å². The molecule has 104 valence electrons. The van der Waals surface area contributed by atoms with Gasteiger partial charge in [-0.1, -0.05) is 6.42 Å². The molecule has 7 heteroatoms. The second-order valence-corrected chi connectivity index (χ2v) is 5.55. The Morgan fingerprint density at radius 3 is 3.00 bits per heavy atom. The van der Waals surface area contributed by atoms with E-state index in [4.69, 9.17) is 5.11 Å². The third-order valence-electron chi connectivity index (χ3n) is 3.35. The lowest BCUT2D eigenvalue weighted by atomic mass is 9.96. The molecule has 1 aliphatic rings. The maximum absolute atomic E-state index is 11.6. The smallest absolute Gasteiger partial charge is 0.306 e. The number of nitrogens with one attached hydrogen (secondary N) is 2. The number of aromatic nitrogens is 1. The highest BCUT2D eigenvalue weighted by Crippen LogP contribution is 2.31. The van der Waals surface area contributed by atoms with E-state index >= 15 is 0 Å². The fourth-order valence-corrected chi connectivity index (χ4v) is 2.97. The highest BCUT2D eigenvalue weighted by molar-refractivity contribution is 7.13. The summed E-state index contributed by atoms with van der Waals surface area (Å²) in [6, 6.07) is 0. The van der Waals surface area contributed by atoms with Crippen molar-refractivity contribution in [2.24, 2.45) is 11.8 Å². The van der Waals surface area contributed by atoms with Gasteiger partial charge in [-0.15, -0.1) is 11.3 Å². The Hall–Kier alpha value is -1.47. The summed E-state index contributed by atoms with van der Waals surface area (Å²) >= 11 is 1.37. The van der Waals surface area contributed by atoms with Crippen molar-refractivity contribution in [2.75, 3.05) is 18.4 Å². The number of carbonyl (C=O) groups is 2. The molecule has 1 amide bonds. The van der Waals surface area contributed by atoms with Crippen molar-refractivity contribution in [3.8, 4) is 0 Å². The van der Waals surface area contributed by atoms with E-state index in [1.54, 1.807) is 11.6 Å². The first-order valence-electron chi connectivity index (χ1n) is 6.29. The molecular formula is C12H17N3O3S. The number of amides is 1. The first-order chi connectivity index (χ1) is 9.16. The first kappa shape index (κ1) is 14.0. The van der Waals surface area contributed by atoms with Crippen LogP contribution in [0.3, 0.4) is 0 Å². The van der Waals surface area contributed by atoms with Crippen molar-refractivity contribution >= 4 is 28.3 Å². The van der Waals surface area contributed by atoms with E-state index in [9.17, 15) is 9.59 Å². The number of nitrogens with zero attached hydrogens (tertiary/aromatic N) is 1. The molecule has 2 rings (SSSR count). The molecule has 1 saturated carbocycles. The van der Waals surface area contributed by atoms with Crippen LogP contribution >= 0.6 is 11.3 Å². The molecule has 19 heavy (non-hydrogen) atoms. The summed E-state index contributed by atoms with van der Waals surface area (Å²) in [7, 11) is 0. The van der Waals surface area contributed by atoms with Crippen LogP contribution in [0, 0.1) is 11.8 Å². The Bertz CT molecular complexity index is 435. The van der Waals surface area contributed by atoms with Gasteiger partial charge in [0.15, 0.2) is 5.13 Å². The molecule has 0 saturated heterocycles. The molecule has 0 bridgehead atoms. The van der Waals surface area contributed by atoms with E-state index in [1.165, 1.54) is 11.3 Å². The predicted molar refractivity (Wildman–Crippen MR) is 72.1 cm³/mol. The summed E-state index contributed by atoms with van der Waals surface area (Å²) in [5.41, 5.74) is 0. The van der Waals surface area contributed by atoms with Gasteiger partial charge in [-0.2, -0.15) is 0 Å². The maximum atomic E-state index is 11.6. The molecule has 0 spiro atoms. The number of rotatable bonds is 6. The topological polar surface area (TPSA) is 91.3 Å². The number of aliphatic carboxylic acids is 1. The van der Waals surface area contributed by atoms with Crippen LogP contribution < -0.4 is 10.6 Å². The van der Waals surface area contributed by atoms with E-state index in [2.05, 4.69) is 15.6 Å². The number of carbonyl (C=O) groups excluding carboxylic acids is 1. The zero-order valence-electron chi connectivity index (χ0n) is 10.5. The van der Waals surface area contributed by atoms with Crippen molar-refractivity contribution in [2.45, 2.75) is 19.3 Å².